The topological polar surface area (TPSA) is 15.3 Å². The van der Waals surface area contributed by atoms with Crippen molar-refractivity contribution in [3.8, 4) is 0 Å². The first-order chi connectivity index (χ1) is 8.27. The molecular weight excluding hydrogens is 208 g/mol. The van der Waals surface area contributed by atoms with Gasteiger partial charge in [-0.25, -0.2) is 0 Å². The molecule has 0 radical (unpaired) electrons. The smallest absolute Gasteiger partial charge is 0.0398 e. The molecular formula is C15H22N2. The van der Waals surface area contributed by atoms with E-state index >= 15 is 0 Å². The van der Waals surface area contributed by atoms with Crippen LogP contribution in [0, 0.1) is 5.41 Å². The molecule has 3 rings (SSSR count). The van der Waals surface area contributed by atoms with Crippen LogP contribution in [0.25, 0.3) is 0 Å². The van der Waals surface area contributed by atoms with Crippen LogP contribution in [0.4, 0.5) is 5.69 Å². The normalized spacial score (nSPS) is 28.2. The summed E-state index contributed by atoms with van der Waals surface area (Å²) in [7, 11) is 0. The maximum atomic E-state index is 3.50. The maximum absolute atomic E-state index is 3.50. The van der Waals surface area contributed by atoms with Crippen LogP contribution in [-0.2, 0) is 6.42 Å². The molecule has 92 valence electrons. The van der Waals surface area contributed by atoms with Gasteiger partial charge in [-0.2, -0.15) is 0 Å². The summed E-state index contributed by atoms with van der Waals surface area (Å²) in [6.45, 7) is 7.21. The van der Waals surface area contributed by atoms with Gasteiger partial charge >= 0.3 is 0 Å². The van der Waals surface area contributed by atoms with Crippen LogP contribution < -0.4 is 10.2 Å². The fraction of sp³-hybridized carbons (Fsp3) is 0.600. The molecule has 1 atom stereocenters. The number of rotatable bonds is 2. The number of hydrogen-bond acceptors (Lipinski definition) is 2. The third-order valence-corrected chi connectivity index (χ3v) is 4.24. The van der Waals surface area contributed by atoms with E-state index in [0.717, 1.165) is 0 Å². The van der Waals surface area contributed by atoms with E-state index in [1.807, 2.05) is 0 Å². The summed E-state index contributed by atoms with van der Waals surface area (Å²) in [5.41, 5.74) is 3.48. The van der Waals surface area contributed by atoms with Crippen molar-refractivity contribution >= 4 is 5.69 Å². The molecule has 1 aromatic carbocycles. The van der Waals surface area contributed by atoms with Crippen molar-refractivity contribution in [3.05, 3.63) is 29.8 Å². The van der Waals surface area contributed by atoms with E-state index in [0.29, 0.717) is 5.41 Å². The third kappa shape index (κ3) is 2.19. The summed E-state index contributed by atoms with van der Waals surface area (Å²) >= 11 is 0. The fourth-order valence-corrected chi connectivity index (χ4v) is 3.24. The zero-order valence-electron chi connectivity index (χ0n) is 10.7. The highest BCUT2D eigenvalue weighted by atomic mass is 15.2. The van der Waals surface area contributed by atoms with E-state index < -0.39 is 0 Å². The van der Waals surface area contributed by atoms with E-state index in [9.17, 15) is 0 Å². The van der Waals surface area contributed by atoms with Crippen molar-refractivity contribution < 1.29 is 0 Å². The summed E-state index contributed by atoms with van der Waals surface area (Å²) < 4.78 is 0. The van der Waals surface area contributed by atoms with Crippen LogP contribution in [0.5, 0.6) is 0 Å². The van der Waals surface area contributed by atoms with Crippen molar-refractivity contribution in [3.63, 3.8) is 0 Å². The van der Waals surface area contributed by atoms with E-state index in [1.54, 1.807) is 0 Å². The van der Waals surface area contributed by atoms with Gasteiger partial charge in [-0.05, 0) is 42.9 Å². The Hall–Kier alpha value is -1.02. The molecule has 2 nitrogen and oxygen atoms in total. The first-order valence-electron chi connectivity index (χ1n) is 6.80. The van der Waals surface area contributed by atoms with Gasteiger partial charge in [-0.3, -0.25) is 0 Å². The molecule has 0 amide bonds. The standard InChI is InChI=1S/C15H22N2/c1-15(8-9-16-11-15)12-17-10-4-6-13-5-2-3-7-14(13)17/h2-3,5,7,16H,4,6,8-12H2,1H3. The highest BCUT2D eigenvalue weighted by Gasteiger charge is 2.31. The Labute approximate surface area is 104 Å². The molecule has 1 aromatic rings. The van der Waals surface area contributed by atoms with Gasteiger partial charge in [0.15, 0.2) is 0 Å². The van der Waals surface area contributed by atoms with Gasteiger partial charge < -0.3 is 10.2 Å². The lowest BCUT2D eigenvalue weighted by Gasteiger charge is -2.37. The highest BCUT2D eigenvalue weighted by Crippen LogP contribution is 2.32. The molecule has 1 unspecified atom stereocenters. The quantitative estimate of drug-likeness (QED) is 0.839. The zero-order valence-corrected chi connectivity index (χ0v) is 10.7. The Kier molecular flexibility index (Phi) is 2.83. The first kappa shape index (κ1) is 11.1. The van der Waals surface area contributed by atoms with Crippen LogP contribution in [0.1, 0.15) is 25.3 Å². The van der Waals surface area contributed by atoms with Gasteiger partial charge in [-0.1, -0.05) is 25.1 Å². The number of nitrogens with zero attached hydrogens (tertiary/aromatic N) is 1. The third-order valence-electron chi connectivity index (χ3n) is 4.24. The molecule has 2 heterocycles. The van der Waals surface area contributed by atoms with Gasteiger partial charge in [-0.15, -0.1) is 0 Å². The fourth-order valence-electron chi connectivity index (χ4n) is 3.24. The van der Waals surface area contributed by atoms with E-state index in [1.165, 1.54) is 56.7 Å². The predicted octanol–water partition coefficient (Wildman–Crippen LogP) is 2.44. The van der Waals surface area contributed by atoms with Gasteiger partial charge in [0.1, 0.15) is 0 Å². The molecule has 2 heteroatoms. The molecule has 0 aliphatic carbocycles. The Morgan fingerprint density at radius 2 is 2.24 bits per heavy atom. The molecule has 2 aliphatic heterocycles. The SMILES string of the molecule is CC1(CN2CCCc3ccccc32)CCNC1. The number of anilines is 1. The molecule has 17 heavy (non-hydrogen) atoms. The average molecular weight is 230 g/mol. The van der Waals surface area contributed by atoms with Crippen LogP contribution in [0.3, 0.4) is 0 Å². The van der Waals surface area contributed by atoms with Gasteiger partial charge in [0, 0.05) is 25.3 Å². The number of hydrogen-bond donors (Lipinski definition) is 1. The van der Waals surface area contributed by atoms with Gasteiger partial charge in [0.2, 0.25) is 0 Å². The lowest BCUT2D eigenvalue weighted by Crippen LogP contribution is -2.40. The summed E-state index contributed by atoms with van der Waals surface area (Å²) in [4.78, 5) is 2.60. The Balaban J connectivity index is 1.81. The number of fused-ring (bicyclic) bond motifs is 1. The van der Waals surface area contributed by atoms with Gasteiger partial charge in [0.25, 0.3) is 0 Å². The van der Waals surface area contributed by atoms with Gasteiger partial charge in [0.05, 0.1) is 0 Å². The van der Waals surface area contributed by atoms with Crippen LogP contribution in [-0.4, -0.2) is 26.2 Å². The zero-order chi connectivity index (χ0) is 11.7. The minimum atomic E-state index is 0.463. The summed E-state index contributed by atoms with van der Waals surface area (Å²) in [6.07, 6.45) is 3.87. The summed E-state index contributed by atoms with van der Waals surface area (Å²) in [5, 5.41) is 3.50. The number of aryl methyl sites for hydroxylation is 1. The average Bonchev–Trinajstić information content (AvgIpc) is 2.76. The van der Waals surface area contributed by atoms with Crippen molar-refractivity contribution in [1.29, 1.82) is 0 Å². The molecule has 2 aliphatic rings. The molecule has 0 spiro atoms. The lowest BCUT2D eigenvalue weighted by atomic mass is 9.88. The second kappa shape index (κ2) is 4.34. The second-order valence-corrected chi connectivity index (χ2v) is 5.89. The monoisotopic (exact) mass is 230 g/mol. The predicted molar refractivity (Wildman–Crippen MR) is 72.6 cm³/mol. The highest BCUT2D eigenvalue weighted by molar-refractivity contribution is 5.55. The first-order valence-corrected chi connectivity index (χ1v) is 6.80. The minimum Gasteiger partial charge on any atom is -0.371 e. The molecule has 1 saturated heterocycles. The Bertz CT molecular complexity index is 394. The summed E-state index contributed by atoms with van der Waals surface area (Å²) in [5.74, 6) is 0. The molecule has 0 aromatic heterocycles. The number of benzene rings is 1. The molecule has 0 saturated carbocycles. The van der Waals surface area contributed by atoms with E-state index in [4.69, 9.17) is 0 Å². The van der Waals surface area contributed by atoms with Crippen LogP contribution in [0.15, 0.2) is 24.3 Å². The Morgan fingerprint density at radius 3 is 3.06 bits per heavy atom. The van der Waals surface area contributed by atoms with Crippen molar-refractivity contribution in [2.45, 2.75) is 26.2 Å². The lowest BCUT2D eigenvalue weighted by molar-refractivity contribution is 0.361. The Morgan fingerprint density at radius 1 is 1.35 bits per heavy atom. The molecule has 1 N–H and O–H groups in total. The van der Waals surface area contributed by atoms with Crippen molar-refractivity contribution in [2.24, 2.45) is 5.41 Å². The second-order valence-electron chi connectivity index (χ2n) is 5.89. The van der Waals surface area contributed by atoms with Crippen molar-refractivity contribution in [1.82, 2.24) is 5.32 Å². The summed E-state index contributed by atoms with van der Waals surface area (Å²) in [6, 6.07) is 8.92. The number of para-hydroxylation sites is 1. The largest absolute Gasteiger partial charge is 0.371 e. The molecule has 0 bridgehead atoms. The minimum absolute atomic E-state index is 0.463. The number of nitrogens with one attached hydrogen (secondary N) is 1. The molecule has 1 fully saturated rings. The maximum Gasteiger partial charge on any atom is 0.0398 e. The van der Waals surface area contributed by atoms with E-state index in [-0.39, 0.29) is 0 Å². The van der Waals surface area contributed by atoms with Crippen molar-refractivity contribution in [2.75, 3.05) is 31.1 Å². The van der Waals surface area contributed by atoms with Crippen LogP contribution >= 0.6 is 0 Å². The van der Waals surface area contributed by atoms with Crippen LogP contribution in [0.2, 0.25) is 0 Å². The van der Waals surface area contributed by atoms with E-state index in [2.05, 4.69) is 41.4 Å².